The molecule has 0 aliphatic rings. The van der Waals surface area contributed by atoms with Crippen molar-refractivity contribution in [1.29, 1.82) is 0 Å². The van der Waals surface area contributed by atoms with Crippen LogP contribution in [0.25, 0.3) is 48.9 Å². The second kappa shape index (κ2) is 24.6. The lowest BCUT2D eigenvalue weighted by atomic mass is 9.79. The van der Waals surface area contributed by atoms with Crippen LogP contribution in [-0.4, -0.2) is 4.40 Å². The molecule has 0 amide bonds. The lowest BCUT2D eigenvalue weighted by Gasteiger charge is -2.34. The zero-order valence-corrected chi connectivity index (χ0v) is 68.5. The van der Waals surface area contributed by atoms with Gasteiger partial charge in [-0.1, -0.05) is 256 Å². The van der Waals surface area contributed by atoms with Crippen molar-refractivity contribution < 1.29 is 0 Å². The van der Waals surface area contributed by atoms with E-state index in [1.54, 1.807) is 0 Å². The number of hydrogen-bond donors (Lipinski definition) is 0. The summed E-state index contributed by atoms with van der Waals surface area (Å²) in [5.41, 5.74) is 17.6. The molecule has 0 atom stereocenters. The highest BCUT2D eigenvalue weighted by Crippen LogP contribution is 2.50. The topological polar surface area (TPSA) is 65.3 Å². The number of rotatable bonds is 9. The number of hydrogen-bond acceptors (Lipinski definition) is 6. The van der Waals surface area contributed by atoms with Crippen LogP contribution in [0.1, 0.15) is 263 Å². The fourth-order valence-corrected chi connectivity index (χ4v) is 14.8. The zero-order valence-electron chi connectivity index (χ0n) is 68.5. The van der Waals surface area contributed by atoms with Crippen LogP contribution in [0.4, 0.5) is 51.2 Å². The van der Waals surface area contributed by atoms with Crippen molar-refractivity contribution in [2.75, 3.05) is 14.7 Å². The van der Waals surface area contributed by atoms with Crippen molar-refractivity contribution in [2.24, 2.45) is 0 Å². The van der Waals surface area contributed by atoms with Crippen LogP contribution in [0, 0.1) is 0 Å². The maximum Gasteiger partial charge on any atom is 0.197 e. The molecule has 0 fully saturated rings. The number of pyridine rings is 3. The van der Waals surface area contributed by atoms with Gasteiger partial charge < -0.3 is 19.1 Å². The Morgan fingerprint density at radius 2 is 0.327 bits per heavy atom. The first-order valence-electron chi connectivity index (χ1n) is 37.8. The largest absolute Gasteiger partial charge is 0.310 e. The molecule has 104 heavy (non-hydrogen) atoms. The first-order valence-corrected chi connectivity index (χ1v) is 37.8. The summed E-state index contributed by atoms with van der Waals surface area (Å²) >= 11 is 0. The predicted octanol–water partition coefficient (Wildman–Crippen LogP) is 26.3. The number of aromatic nitrogens is 1. The van der Waals surface area contributed by atoms with Gasteiger partial charge in [0, 0.05) is 83.5 Å². The Labute approximate surface area is 621 Å². The van der Waals surface area contributed by atoms with Gasteiger partial charge in [0.15, 0.2) is 16.3 Å². The Bertz CT molecular complexity index is 4910. The second-order valence-corrected chi connectivity index (χ2v) is 40.7. The Balaban J connectivity index is 1.32. The van der Waals surface area contributed by atoms with Crippen molar-refractivity contribution in [2.45, 2.75) is 262 Å². The average molecular weight is 1390 g/mol. The standard InChI is InChI=1S/C97H116N4O3/c1-88(2,3)57-31-35-67(36-32-57)98(68-37-33-58(34-38-68)89(4,5)6)73-51-76-82-77(52-73)86(103)79-54-75(100(71-47-63(94(19,20)21)41-64(48-71)95(22,23)24)72-49-65(96(25,26)27)42-66(50-72)97(28,29)30)56-81-84(79)101(82)83-78(85(76)102)53-74(55-80(83)87(81)104)99(69-43-59(90(7,8)9)39-60(44-69)91(10,11)12)70-45-61(92(13,14)15)40-62(46-70)93(16,17)18/h31-56H,1-30H3. The van der Waals surface area contributed by atoms with Crippen LogP contribution < -0.4 is 31.0 Å². The molecule has 12 aromatic rings. The molecule has 7 heteroatoms. The highest BCUT2D eigenvalue weighted by Gasteiger charge is 2.34. The van der Waals surface area contributed by atoms with E-state index < -0.39 is 0 Å². The van der Waals surface area contributed by atoms with Crippen LogP contribution in [-0.2, 0) is 54.1 Å². The summed E-state index contributed by atoms with van der Waals surface area (Å²) in [6.07, 6.45) is 0. The van der Waals surface area contributed by atoms with Gasteiger partial charge in [-0.3, -0.25) is 14.4 Å². The van der Waals surface area contributed by atoms with E-state index in [2.05, 4.69) is 348 Å². The molecule has 12 rings (SSSR count). The molecule has 0 N–H and O–H groups in total. The predicted molar refractivity (Wildman–Crippen MR) is 451 cm³/mol. The molecule has 542 valence electrons. The second-order valence-electron chi connectivity index (χ2n) is 40.7. The van der Waals surface area contributed by atoms with Gasteiger partial charge in [0.1, 0.15) is 0 Å². The Morgan fingerprint density at radius 3 is 0.481 bits per heavy atom. The Kier molecular flexibility index (Phi) is 17.7. The van der Waals surface area contributed by atoms with E-state index in [1.807, 2.05) is 36.4 Å². The molecule has 0 saturated heterocycles. The van der Waals surface area contributed by atoms with Gasteiger partial charge in [0.25, 0.3) is 0 Å². The fourth-order valence-electron chi connectivity index (χ4n) is 14.8. The summed E-state index contributed by atoms with van der Waals surface area (Å²) in [6, 6.07) is 57.5. The maximum absolute atomic E-state index is 17.2. The van der Waals surface area contributed by atoms with E-state index in [1.165, 1.54) is 55.6 Å². The van der Waals surface area contributed by atoms with Crippen LogP contribution >= 0.6 is 0 Å². The van der Waals surface area contributed by atoms with Gasteiger partial charge in [0.2, 0.25) is 0 Å². The van der Waals surface area contributed by atoms with Gasteiger partial charge in [0.05, 0.1) is 16.6 Å². The zero-order chi connectivity index (χ0) is 76.6. The van der Waals surface area contributed by atoms with Crippen molar-refractivity contribution in [3.05, 3.63) is 244 Å². The van der Waals surface area contributed by atoms with Crippen LogP contribution in [0.5, 0.6) is 0 Å². The van der Waals surface area contributed by atoms with Gasteiger partial charge in [-0.25, -0.2) is 0 Å². The van der Waals surface area contributed by atoms with Crippen molar-refractivity contribution >= 4 is 100 Å². The Hall–Kier alpha value is -8.81. The minimum Gasteiger partial charge on any atom is -0.310 e. The summed E-state index contributed by atoms with van der Waals surface area (Å²) in [6.45, 7) is 67.8. The van der Waals surface area contributed by atoms with Gasteiger partial charge in [-0.05, 0) is 219 Å². The quantitative estimate of drug-likeness (QED) is 0.106. The molecule has 0 saturated carbocycles. The third-order valence-corrected chi connectivity index (χ3v) is 21.8. The molecule has 0 spiro atoms. The van der Waals surface area contributed by atoms with E-state index in [-0.39, 0.29) is 70.4 Å². The Morgan fingerprint density at radius 1 is 0.183 bits per heavy atom. The average Bonchev–Trinajstić information content (AvgIpc) is 0.679. The molecule has 0 aliphatic heterocycles. The molecule has 0 unspecified atom stereocenters. The van der Waals surface area contributed by atoms with Gasteiger partial charge in [-0.15, -0.1) is 0 Å². The highest BCUT2D eigenvalue weighted by atomic mass is 16.1. The summed E-state index contributed by atoms with van der Waals surface area (Å²) in [4.78, 5) is 57.9. The summed E-state index contributed by atoms with van der Waals surface area (Å²) in [7, 11) is 0. The third kappa shape index (κ3) is 13.8. The fraction of sp³-hybridized carbons (Fsp3) is 0.412. The van der Waals surface area contributed by atoms with Crippen molar-refractivity contribution in [3.8, 4) is 0 Å². The van der Waals surface area contributed by atoms with E-state index in [9.17, 15) is 0 Å². The van der Waals surface area contributed by atoms with Crippen molar-refractivity contribution in [3.63, 3.8) is 0 Å². The van der Waals surface area contributed by atoms with Crippen LogP contribution in [0.15, 0.2) is 172 Å². The molecular formula is C97H116N4O3. The summed E-state index contributed by atoms with van der Waals surface area (Å²) in [5, 5.41) is 2.29. The smallest absolute Gasteiger partial charge is 0.197 e. The first kappa shape index (κ1) is 74.9. The van der Waals surface area contributed by atoms with E-state index in [0.717, 1.165) is 34.1 Å². The molecule has 0 aliphatic carbocycles. The van der Waals surface area contributed by atoms with E-state index in [4.69, 9.17) is 0 Å². The maximum atomic E-state index is 17.2. The minimum atomic E-state index is -0.266. The molecule has 9 aromatic carbocycles. The molecule has 0 bridgehead atoms. The summed E-state index contributed by atoms with van der Waals surface area (Å²) < 4.78 is 2.13. The summed E-state index contributed by atoms with van der Waals surface area (Å²) in [5.74, 6) is 0. The number of nitrogens with zero attached hydrogens (tertiary/aromatic N) is 4. The molecular weight excluding hydrogens is 1270 g/mol. The molecule has 0 radical (unpaired) electrons. The third-order valence-electron chi connectivity index (χ3n) is 21.8. The normalized spacial score (nSPS) is 13.6. The number of benzene rings is 9. The minimum absolute atomic E-state index is 0.118. The number of anilines is 9. The lowest BCUT2D eigenvalue weighted by Crippen LogP contribution is -2.23. The van der Waals surface area contributed by atoms with Gasteiger partial charge >= 0.3 is 0 Å². The SMILES string of the molecule is CC(C)(C)c1ccc(N(c2ccc(C(C)(C)C)cc2)c2cc3c(=O)c4cc(N(c5cc(C(C)(C)C)cc(C(C)(C)C)c5)c5cc(C(C)(C)C)cc(C(C)(C)C)c5)cc5c(=O)c6cc(N(c7cc(C(C)(C)C)cc(C(C)(C)C)c7)c7cc(C(C)(C)C)cc(C(C)(C)C)c7)cc7c(=O)c(c2)c3n(c45)c76)cc1. The lowest BCUT2D eigenvalue weighted by molar-refractivity contribution is 0.567. The van der Waals surface area contributed by atoms with Crippen molar-refractivity contribution in [1.82, 2.24) is 4.40 Å². The van der Waals surface area contributed by atoms with Gasteiger partial charge in [-0.2, -0.15) is 0 Å². The molecule has 3 heterocycles. The first-order chi connectivity index (χ1) is 47.6. The van der Waals surface area contributed by atoms with E-state index in [0.29, 0.717) is 65.9 Å². The monoisotopic (exact) mass is 1380 g/mol. The molecule has 7 nitrogen and oxygen atoms in total. The van der Waals surface area contributed by atoms with Crippen LogP contribution in [0.3, 0.4) is 0 Å². The van der Waals surface area contributed by atoms with Crippen LogP contribution in [0.2, 0.25) is 0 Å². The van der Waals surface area contributed by atoms with E-state index >= 15 is 14.4 Å². The highest BCUT2D eigenvalue weighted by molar-refractivity contribution is 6.19. The molecule has 3 aromatic heterocycles.